The third-order valence-corrected chi connectivity index (χ3v) is 7.19. The van der Waals surface area contributed by atoms with Crippen LogP contribution in [0.5, 0.6) is 0 Å². The molecule has 142 valence electrons. The molecule has 24 heavy (non-hydrogen) atoms. The second kappa shape index (κ2) is 11.7. The topological polar surface area (TPSA) is 53.5 Å². The van der Waals surface area contributed by atoms with Crippen molar-refractivity contribution >= 4 is 40.7 Å². The zero-order chi connectivity index (χ0) is 16.7. The molecule has 6 heteroatoms. The highest BCUT2D eigenvalue weighted by atomic mass is 127. The molecule has 0 aliphatic heterocycles. The Hall–Kier alpha value is 0.150. The Kier molecular flexibility index (Phi) is 10.8. The number of rotatable bonds is 5. The van der Waals surface area contributed by atoms with Crippen LogP contribution in [0.4, 0.5) is 0 Å². The maximum absolute atomic E-state index is 12.1. The number of aliphatic imine (C=N–C) groups is 1. The monoisotopic (exact) mass is 469 g/mol. The highest BCUT2D eigenvalue weighted by Gasteiger charge is 2.26. The molecule has 5 unspecified atom stereocenters. The molecule has 0 heterocycles. The lowest BCUT2D eigenvalue weighted by atomic mass is 9.82. The molecule has 0 spiro atoms. The first-order valence-corrected chi connectivity index (χ1v) is 10.8. The highest BCUT2D eigenvalue weighted by molar-refractivity contribution is 14.0. The normalized spacial score (nSPS) is 32.5. The van der Waals surface area contributed by atoms with Gasteiger partial charge in [-0.3, -0.25) is 9.20 Å². The predicted octanol–water partition coefficient (Wildman–Crippen LogP) is 3.68. The molecule has 2 saturated carbocycles. The van der Waals surface area contributed by atoms with Gasteiger partial charge in [-0.05, 0) is 43.9 Å². The fraction of sp³-hybridized carbons (Fsp3) is 0.944. The summed E-state index contributed by atoms with van der Waals surface area (Å²) in [6, 6.07) is 0.417. The molecule has 0 radical (unpaired) electrons. The van der Waals surface area contributed by atoms with Gasteiger partial charge in [-0.25, -0.2) is 0 Å². The van der Waals surface area contributed by atoms with Gasteiger partial charge in [-0.15, -0.1) is 24.0 Å². The van der Waals surface area contributed by atoms with E-state index in [4.69, 9.17) is 0 Å². The second-order valence-electron chi connectivity index (χ2n) is 7.39. The summed E-state index contributed by atoms with van der Waals surface area (Å²) in [5.41, 5.74) is 0. The van der Waals surface area contributed by atoms with Crippen LogP contribution < -0.4 is 10.6 Å². The third kappa shape index (κ3) is 7.18. The van der Waals surface area contributed by atoms with Crippen molar-refractivity contribution in [2.45, 2.75) is 76.5 Å². The van der Waals surface area contributed by atoms with E-state index in [2.05, 4.69) is 22.5 Å². The summed E-state index contributed by atoms with van der Waals surface area (Å²) in [5, 5.41) is 7.46. The number of nitrogens with zero attached hydrogens (tertiary/aromatic N) is 1. The molecule has 0 amide bonds. The van der Waals surface area contributed by atoms with Gasteiger partial charge in [0.25, 0.3) is 0 Å². The number of halogens is 1. The third-order valence-electron chi connectivity index (χ3n) is 5.45. The van der Waals surface area contributed by atoms with E-state index in [-0.39, 0.29) is 24.0 Å². The van der Waals surface area contributed by atoms with Gasteiger partial charge in [0.05, 0.1) is 0 Å². The van der Waals surface area contributed by atoms with Gasteiger partial charge in [-0.2, -0.15) is 0 Å². The summed E-state index contributed by atoms with van der Waals surface area (Å²) < 4.78 is 12.1. The smallest absolute Gasteiger partial charge is 0.191 e. The minimum atomic E-state index is -0.663. The first kappa shape index (κ1) is 22.2. The lowest BCUT2D eigenvalue weighted by molar-refractivity contribution is 0.281. The van der Waals surface area contributed by atoms with E-state index in [0.29, 0.717) is 11.3 Å². The lowest BCUT2D eigenvalue weighted by Gasteiger charge is -2.31. The Morgan fingerprint density at radius 2 is 1.92 bits per heavy atom. The minimum Gasteiger partial charge on any atom is -0.356 e. The quantitative estimate of drug-likeness (QED) is 0.367. The zero-order valence-electron chi connectivity index (χ0n) is 15.6. The molecule has 0 aromatic carbocycles. The molecule has 2 aliphatic rings. The Morgan fingerprint density at radius 3 is 2.58 bits per heavy atom. The van der Waals surface area contributed by atoms with Crippen molar-refractivity contribution in [2.24, 2.45) is 16.8 Å². The maximum Gasteiger partial charge on any atom is 0.191 e. The summed E-state index contributed by atoms with van der Waals surface area (Å²) in [6.45, 7) is 5.43. The Morgan fingerprint density at radius 1 is 1.17 bits per heavy atom. The van der Waals surface area contributed by atoms with Gasteiger partial charge in [0, 0.05) is 41.4 Å². The molecule has 2 N–H and O–H groups in total. The number of hydrogen-bond donors (Lipinski definition) is 2. The van der Waals surface area contributed by atoms with Crippen LogP contribution in [0.2, 0.25) is 0 Å². The number of hydrogen-bond acceptors (Lipinski definition) is 2. The van der Waals surface area contributed by atoms with E-state index < -0.39 is 10.8 Å². The largest absolute Gasteiger partial charge is 0.356 e. The molecule has 2 aliphatic carbocycles. The first-order valence-electron chi connectivity index (χ1n) is 9.46. The van der Waals surface area contributed by atoms with Gasteiger partial charge in [0.2, 0.25) is 0 Å². The van der Waals surface area contributed by atoms with Crippen LogP contribution in [-0.4, -0.2) is 40.8 Å². The average molecular weight is 469 g/mol. The molecule has 2 rings (SSSR count). The van der Waals surface area contributed by atoms with Crippen molar-refractivity contribution in [1.29, 1.82) is 0 Å². The summed E-state index contributed by atoms with van der Waals surface area (Å²) in [5.74, 6) is 3.36. The number of nitrogens with one attached hydrogen (secondary N) is 2. The molecule has 0 saturated heterocycles. The molecule has 2 fully saturated rings. The number of guanidine groups is 1. The van der Waals surface area contributed by atoms with Crippen molar-refractivity contribution in [3.8, 4) is 0 Å². The lowest BCUT2D eigenvalue weighted by Crippen LogP contribution is -2.47. The SMILES string of the molecule is CCS(=O)C1CCCC(NC(=NC)NCC2CCCC(C)C2)C1.I. The molecule has 0 bridgehead atoms. The first-order chi connectivity index (χ1) is 11.1. The van der Waals surface area contributed by atoms with Gasteiger partial charge in [0.1, 0.15) is 0 Å². The summed E-state index contributed by atoms with van der Waals surface area (Å²) >= 11 is 0. The van der Waals surface area contributed by atoms with Crippen molar-refractivity contribution in [3.05, 3.63) is 0 Å². The Balaban J connectivity index is 0.00000288. The van der Waals surface area contributed by atoms with Crippen molar-refractivity contribution in [3.63, 3.8) is 0 Å². The summed E-state index contributed by atoms with van der Waals surface area (Å²) in [7, 11) is 1.19. The van der Waals surface area contributed by atoms with Crippen LogP contribution in [0, 0.1) is 11.8 Å². The Bertz CT molecular complexity index is 419. The van der Waals surface area contributed by atoms with E-state index in [1.807, 2.05) is 14.0 Å². The second-order valence-corrected chi connectivity index (χ2v) is 9.40. The molecule has 0 aromatic heterocycles. The van der Waals surface area contributed by atoms with Gasteiger partial charge in [-0.1, -0.05) is 33.1 Å². The van der Waals surface area contributed by atoms with Crippen molar-refractivity contribution in [1.82, 2.24) is 10.6 Å². The fourth-order valence-corrected chi connectivity index (χ4v) is 5.47. The molecular weight excluding hydrogens is 433 g/mol. The summed E-state index contributed by atoms with van der Waals surface area (Å²) in [6.07, 6.45) is 9.91. The van der Waals surface area contributed by atoms with Gasteiger partial charge < -0.3 is 10.6 Å². The van der Waals surface area contributed by atoms with E-state index in [0.717, 1.165) is 42.9 Å². The van der Waals surface area contributed by atoms with Crippen LogP contribution in [0.1, 0.15) is 65.2 Å². The fourth-order valence-electron chi connectivity index (χ4n) is 4.12. The van der Waals surface area contributed by atoms with Gasteiger partial charge >= 0.3 is 0 Å². The molecule has 0 aromatic rings. The van der Waals surface area contributed by atoms with Crippen LogP contribution >= 0.6 is 24.0 Å². The van der Waals surface area contributed by atoms with Crippen molar-refractivity contribution in [2.75, 3.05) is 19.3 Å². The van der Waals surface area contributed by atoms with E-state index >= 15 is 0 Å². The van der Waals surface area contributed by atoms with Crippen LogP contribution in [0.3, 0.4) is 0 Å². The predicted molar refractivity (Wildman–Crippen MR) is 116 cm³/mol. The van der Waals surface area contributed by atoms with E-state index in [9.17, 15) is 4.21 Å². The standard InChI is InChI=1S/C18H35N3OS.HI/c1-4-23(22)17-10-6-9-16(12-17)21-18(19-3)20-13-15-8-5-7-14(2)11-15;/h14-17H,4-13H2,1-3H3,(H2,19,20,21);1H. The molecule has 4 nitrogen and oxygen atoms in total. The average Bonchev–Trinajstić information content (AvgIpc) is 2.58. The van der Waals surface area contributed by atoms with Crippen LogP contribution in [-0.2, 0) is 10.8 Å². The summed E-state index contributed by atoms with van der Waals surface area (Å²) in [4.78, 5) is 4.39. The van der Waals surface area contributed by atoms with Crippen LogP contribution in [0.25, 0.3) is 0 Å². The van der Waals surface area contributed by atoms with Crippen molar-refractivity contribution < 1.29 is 4.21 Å². The molecule has 5 atom stereocenters. The molecular formula is C18H36IN3OS. The van der Waals surface area contributed by atoms with Gasteiger partial charge in [0.15, 0.2) is 5.96 Å². The van der Waals surface area contributed by atoms with E-state index in [1.165, 1.54) is 38.5 Å². The van der Waals surface area contributed by atoms with E-state index in [1.54, 1.807) is 0 Å². The highest BCUT2D eigenvalue weighted by Crippen LogP contribution is 2.28. The minimum absolute atomic E-state index is 0. The Labute approximate surface area is 167 Å². The zero-order valence-corrected chi connectivity index (χ0v) is 18.7. The maximum atomic E-state index is 12.1. The van der Waals surface area contributed by atoms with Crippen LogP contribution in [0.15, 0.2) is 4.99 Å².